The summed E-state index contributed by atoms with van der Waals surface area (Å²) in [6, 6.07) is 0. The highest BCUT2D eigenvalue weighted by Gasteiger charge is 2.59. The second-order valence-corrected chi connectivity index (χ2v) is 16.2. The van der Waals surface area contributed by atoms with Gasteiger partial charge < -0.3 is 9.64 Å². The van der Waals surface area contributed by atoms with Gasteiger partial charge in [-0.25, -0.2) is 0 Å². The van der Waals surface area contributed by atoms with Gasteiger partial charge in [0.2, 0.25) is 0 Å². The Kier molecular flexibility index (Phi) is 8.06. The first-order chi connectivity index (χ1) is 18.7. The fourth-order valence-corrected chi connectivity index (χ4v) is 11.5. The largest absolute Gasteiger partial charge is 0.462 e. The highest BCUT2D eigenvalue weighted by atomic mass is 16.5. The fraction of sp³-hybridized carbons (Fsp3) is 0.917. The molecule has 39 heavy (non-hydrogen) atoms. The van der Waals surface area contributed by atoms with Crippen molar-refractivity contribution >= 4 is 5.97 Å². The van der Waals surface area contributed by atoms with Crippen molar-refractivity contribution in [1.29, 1.82) is 0 Å². The van der Waals surface area contributed by atoms with E-state index in [4.69, 9.17) is 4.74 Å². The number of ether oxygens (including phenoxy) is 1. The third-order valence-corrected chi connectivity index (χ3v) is 13.8. The first-order valence-corrected chi connectivity index (χ1v) is 17.3. The fourth-order valence-electron chi connectivity index (χ4n) is 11.5. The number of rotatable bonds is 8. The molecule has 0 radical (unpaired) electrons. The summed E-state index contributed by atoms with van der Waals surface area (Å²) in [6.07, 6.45) is 20.6. The first kappa shape index (κ1) is 28.3. The molecule has 0 N–H and O–H groups in total. The second-order valence-electron chi connectivity index (χ2n) is 16.2. The molecule has 2 bridgehead atoms. The summed E-state index contributed by atoms with van der Waals surface area (Å²) in [6.45, 7) is 16.2. The molecule has 3 saturated carbocycles. The van der Waals surface area contributed by atoms with Crippen molar-refractivity contribution in [2.45, 2.75) is 131 Å². The molecule has 0 amide bonds. The van der Waals surface area contributed by atoms with Crippen molar-refractivity contribution in [2.75, 3.05) is 19.6 Å². The molecule has 0 aromatic rings. The van der Waals surface area contributed by atoms with Crippen LogP contribution >= 0.6 is 0 Å². The van der Waals surface area contributed by atoms with Crippen molar-refractivity contribution in [3.05, 3.63) is 11.6 Å². The van der Waals surface area contributed by atoms with Gasteiger partial charge in [-0.15, -0.1) is 0 Å². The van der Waals surface area contributed by atoms with Gasteiger partial charge in [0.25, 0.3) is 0 Å². The molecule has 6 fully saturated rings. The van der Waals surface area contributed by atoms with E-state index in [0.717, 1.165) is 60.8 Å². The number of carbonyl (C=O) groups is 1. The van der Waals surface area contributed by atoms with Gasteiger partial charge >= 0.3 is 5.97 Å². The van der Waals surface area contributed by atoms with E-state index in [-0.39, 0.29) is 12.1 Å². The van der Waals surface area contributed by atoms with Crippen molar-refractivity contribution in [2.24, 2.45) is 58.2 Å². The van der Waals surface area contributed by atoms with Gasteiger partial charge in [0.1, 0.15) is 6.10 Å². The van der Waals surface area contributed by atoms with Crippen LogP contribution in [0.4, 0.5) is 0 Å². The number of fused-ring (bicyclic) bond motifs is 8. The molecular weight excluding hydrogens is 478 g/mol. The van der Waals surface area contributed by atoms with Crippen molar-refractivity contribution in [3.63, 3.8) is 0 Å². The number of esters is 1. The summed E-state index contributed by atoms with van der Waals surface area (Å²) in [4.78, 5) is 15.6. The van der Waals surface area contributed by atoms with Gasteiger partial charge in [-0.2, -0.15) is 0 Å². The van der Waals surface area contributed by atoms with E-state index in [0.29, 0.717) is 23.2 Å². The molecule has 3 aliphatic heterocycles. The lowest BCUT2D eigenvalue weighted by Gasteiger charge is -2.58. The molecule has 1 unspecified atom stereocenters. The SMILES string of the molecule is CC(C)CCC[C@@H](C)[C@H]1CC[C@H]2[C@@H]3CC=C4C[C@@H](OC(=O)CC5CN6CCC5CC6)CC[C@]4(C)[C@H]3CC[C@]12C. The molecule has 7 rings (SSSR count). The molecular formula is C36H59NO2. The van der Waals surface area contributed by atoms with E-state index in [1.165, 1.54) is 83.7 Å². The Labute approximate surface area is 240 Å². The Morgan fingerprint density at radius 1 is 1.00 bits per heavy atom. The lowest BCUT2D eigenvalue weighted by atomic mass is 9.47. The molecule has 3 saturated heterocycles. The van der Waals surface area contributed by atoms with Crippen molar-refractivity contribution in [3.8, 4) is 0 Å². The molecule has 3 nitrogen and oxygen atoms in total. The number of carbonyl (C=O) groups excluding carboxylic acids is 1. The van der Waals surface area contributed by atoms with E-state index in [2.05, 4.69) is 45.6 Å². The number of piperidine rings is 3. The Balaban J connectivity index is 1.07. The van der Waals surface area contributed by atoms with Crippen LogP contribution in [0.2, 0.25) is 0 Å². The van der Waals surface area contributed by atoms with Crippen molar-refractivity contribution in [1.82, 2.24) is 4.90 Å². The zero-order chi connectivity index (χ0) is 27.4. The third kappa shape index (κ3) is 5.30. The zero-order valence-corrected chi connectivity index (χ0v) is 26.1. The predicted octanol–water partition coefficient (Wildman–Crippen LogP) is 8.67. The number of allylic oxidation sites excluding steroid dienone is 1. The molecule has 7 aliphatic rings. The van der Waals surface area contributed by atoms with Crippen LogP contribution < -0.4 is 0 Å². The maximum absolute atomic E-state index is 13.0. The van der Waals surface area contributed by atoms with Gasteiger partial charge in [0.05, 0.1) is 0 Å². The van der Waals surface area contributed by atoms with E-state index in [1.54, 1.807) is 5.57 Å². The number of nitrogens with zero attached hydrogens (tertiary/aromatic N) is 1. The normalized spacial score (nSPS) is 45.7. The van der Waals surface area contributed by atoms with Crippen LogP contribution in [0, 0.1) is 58.2 Å². The van der Waals surface area contributed by atoms with Crippen LogP contribution in [0.5, 0.6) is 0 Å². The molecule has 0 spiro atoms. The van der Waals surface area contributed by atoms with Gasteiger partial charge in [-0.05, 0) is 129 Å². The standard InChI is InChI=1S/C36H59NO2/c1-24(2)7-6-8-25(3)31-11-12-32-30-10-9-28-22-29(13-17-35(28,4)33(30)14-18-36(31,32)5)39-34(38)21-27-23-37-19-15-26(27)16-20-37/h9,24-27,29-33H,6-8,10-23H2,1-5H3/t25-,27?,29+,30+,31-,32+,33+,35+,36-/m1/s1. The van der Waals surface area contributed by atoms with Crippen LogP contribution in [0.1, 0.15) is 125 Å². The number of hydrogen-bond donors (Lipinski definition) is 0. The first-order valence-electron chi connectivity index (χ1n) is 17.3. The minimum Gasteiger partial charge on any atom is -0.462 e. The van der Waals surface area contributed by atoms with E-state index in [1.807, 2.05) is 0 Å². The maximum atomic E-state index is 13.0. The lowest BCUT2D eigenvalue weighted by Crippen LogP contribution is -2.51. The Morgan fingerprint density at radius 3 is 2.51 bits per heavy atom. The van der Waals surface area contributed by atoms with Crippen LogP contribution in [0.15, 0.2) is 11.6 Å². The molecule has 3 heteroatoms. The number of hydrogen-bond acceptors (Lipinski definition) is 3. The summed E-state index contributed by atoms with van der Waals surface area (Å²) in [7, 11) is 0. The molecule has 3 heterocycles. The van der Waals surface area contributed by atoms with Gasteiger partial charge in [-0.3, -0.25) is 4.79 Å². The molecule has 9 atom stereocenters. The Hall–Kier alpha value is -0.830. The minimum absolute atomic E-state index is 0.0876. The predicted molar refractivity (Wildman–Crippen MR) is 160 cm³/mol. The van der Waals surface area contributed by atoms with Gasteiger partial charge in [0, 0.05) is 19.4 Å². The molecule has 220 valence electrons. The average molecular weight is 538 g/mol. The van der Waals surface area contributed by atoms with E-state index in [9.17, 15) is 4.79 Å². The Morgan fingerprint density at radius 2 is 1.79 bits per heavy atom. The summed E-state index contributed by atoms with van der Waals surface area (Å²) in [5, 5.41) is 0. The third-order valence-electron chi connectivity index (χ3n) is 13.8. The Bertz CT molecular complexity index is 917. The minimum atomic E-state index is 0.0876. The highest BCUT2D eigenvalue weighted by molar-refractivity contribution is 5.70. The second kappa shape index (κ2) is 11.1. The highest BCUT2D eigenvalue weighted by Crippen LogP contribution is 2.67. The van der Waals surface area contributed by atoms with E-state index >= 15 is 0 Å². The molecule has 0 aromatic carbocycles. The van der Waals surface area contributed by atoms with Crippen LogP contribution in [-0.4, -0.2) is 36.6 Å². The zero-order valence-electron chi connectivity index (χ0n) is 26.1. The average Bonchev–Trinajstić information content (AvgIpc) is 3.26. The monoisotopic (exact) mass is 537 g/mol. The molecule has 4 aliphatic carbocycles. The van der Waals surface area contributed by atoms with Crippen LogP contribution in [0.25, 0.3) is 0 Å². The lowest BCUT2D eigenvalue weighted by molar-refractivity contribution is -0.154. The quantitative estimate of drug-likeness (QED) is 0.229. The topological polar surface area (TPSA) is 29.5 Å². The summed E-state index contributed by atoms with van der Waals surface area (Å²) in [5.74, 6) is 6.66. The summed E-state index contributed by atoms with van der Waals surface area (Å²) < 4.78 is 6.21. The maximum Gasteiger partial charge on any atom is 0.306 e. The summed E-state index contributed by atoms with van der Waals surface area (Å²) >= 11 is 0. The molecule has 0 aromatic heterocycles. The van der Waals surface area contributed by atoms with Gasteiger partial charge in [0.15, 0.2) is 0 Å². The van der Waals surface area contributed by atoms with Crippen molar-refractivity contribution < 1.29 is 9.53 Å². The van der Waals surface area contributed by atoms with Gasteiger partial charge in [-0.1, -0.05) is 65.5 Å². The van der Waals surface area contributed by atoms with Crippen LogP contribution in [0.3, 0.4) is 0 Å². The van der Waals surface area contributed by atoms with Crippen LogP contribution in [-0.2, 0) is 9.53 Å². The summed E-state index contributed by atoms with van der Waals surface area (Å²) in [5.41, 5.74) is 2.54. The van der Waals surface area contributed by atoms with E-state index < -0.39 is 0 Å². The smallest absolute Gasteiger partial charge is 0.306 e.